The first-order valence-electron chi connectivity index (χ1n) is 9.76. The van der Waals surface area contributed by atoms with Gasteiger partial charge in [-0.05, 0) is 55.5 Å². The predicted octanol–water partition coefficient (Wildman–Crippen LogP) is 3.94. The number of aryl methyl sites for hydroxylation is 2. The van der Waals surface area contributed by atoms with Gasteiger partial charge in [0.05, 0.1) is 0 Å². The SMILES string of the molecule is Cc1cc(C(=O)NCCCc2ccccc2)nc(NCCc2ccc(F)cc2)n1. The molecular formula is C23H25FN4O. The molecule has 0 spiro atoms. The summed E-state index contributed by atoms with van der Waals surface area (Å²) in [7, 11) is 0. The van der Waals surface area contributed by atoms with E-state index in [4.69, 9.17) is 0 Å². The molecule has 150 valence electrons. The summed E-state index contributed by atoms with van der Waals surface area (Å²) in [5.74, 6) is -0.0326. The molecule has 2 aromatic carbocycles. The first kappa shape index (κ1) is 20.5. The summed E-state index contributed by atoms with van der Waals surface area (Å²) in [6.45, 7) is 3.01. The zero-order chi connectivity index (χ0) is 20.5. The average Bonchev–Trinajstić information content (AvgIpc) is 2.73. The van der Waals surface area contributed by atoms with Crippen molar-refractivity contribution in [2.24, 2.45) is 0 Å². The summed E-state index contributed by atoms with van der Waals surface area (Å²) >= 11 is 0. The largest absolute Gasteiger partial charge is 0.354 e. The van der Waals surface area contributed by atoms with Gasteiger partial charge in [-0.1, -0.05) is 42.5 Å². The topological polar surface area (TPSA) is 66.9 Å². The number of hydrogen-bond donors (Lipinski definition) is 2. The predicted molar refractivity (Wildman–Crippen MR) is 112 cm³/mol. The Labute approximate surface area is 170 Å². The number of nitrogens with one attached hydrogen (secondary N) is 2. The van der Waals surface area contributed by atoms with E-state index in [1.165, 1.54) is 17.7 Å². The molecule has 0 saturated carbocycles. The maximum absolute atomic E-state index is 13.0. The Balaban J connectivity index is 1.48. The van der Waals surface area contributed by atoms with Gasteiger partial charge in [-0.15, -0.1) is 0 Å². The first-order chi connectivity index (χ1) is 14.1. The van der Waals surface area contributed by atoms with E-state index < -0.39 is 0 Å². The number of rotatable bonds is 9. The van der Waals surface area contributed by atoms with Crippen LogP contribution in [0.15, 0.2) is 60.7 Å². The minimum Gasteiger partial charge on any atom is -0.354 e. The van der Waals surface area contributed by atoms with Crippen LogP contribution in [-0.2, 0) is 12.8 Å². The molecule has 1 heterocycles. The molecule has 0 aliphatic carbocycles. The molecule has 3 rings (SSSR count). The summed E-state index contributed by atoms with van der Waals surface area (Å²) in [5.41, 5.74) is 3.34. The standard InChI is InChI=1S/C23H25FN4O/c1-17-16-21(22(29)25-14-5-8-18-6-3-2-4-7-18)28-23(27-17)26-15-13-19-9-11-20(24)12-10-19/h2-4,6-7,9-12,16H,5,8,13-15H2,1H3,(H,25,29)(H,26,27,28). The lowest BCUT2D eigenvalue weighted by Gasteiger charge is -2.09. The van der Waals surface area contributed by atoms with Crippen LogP contribution in [0.3, 0.4) is 0 Å². The molecule has 5 nitrogen and oxygen atoms in total. The summed E-state index contributed by atoms with van der Waals surface area (Å²) in [5, 5.41) is 6.06. The van der Waals surface area contributed by atoms with Crippen LogP contribution in [0.2, 0.25) is 0 Å². The summed E-state index contributed by atoms with van der Waals surface area (Å²) in [4.78, 5) is 21.1. The van der Waals surface area contributed by atoms with E-state index in [0.717, 1.165) is 24.1 Å². The average molecular weight is 392 g/mol. The van der Waals surface area contributed by atoms with Gasteiger partial charge in [-0.2, -0.15) is 0 Å². The number of carbonyl (C=O) groups is 1. The fourth-order valence-electron chi connectivity index (χ4n) is 2.96. The van der Waals surface area contributed by atoms with E-state index in [1.54, 1.807) is 18.2 Å². The van der Waals surface area contributed by atoms with Crippen LogP contribution < -0.4 is 10.6 Å². The monoisotopic (exact) mass is 392 g/mol. The van der Waals surface area contributed by atoms with Crippen LogP contribution >= 0.6 is 0 Å². The highest BCUT2D eigenvalue weighted by molar-refractivity contribution is 5.92. The molecule has 0 atom stereocenters. The highest BCUT2D eigenvalue weighted by Crippen LogP contribution is 2.08. The smallest absolute Gasteiger partial charge is 0.270 e. The van der Waals surface area contributed by atoms with Crippen molar-refractivity contribution in [2.45, 2.75) is 26.2 Å². The third kappa shape index (κ3) is 6.68. The minimum atomic E-state index is -0.247. The van der Waals surface area contributed by atoms with E-state index in [1.807, 2.05) is 25.1 Å². The van der Waals surface area contributed by atoms with Gasteiger partial charge in [0.2, 0.25) is 5.95 Å². The molecule has 6 heteroatoms. The summed E-state index contributed by atoms with van der Waals surface area (Å²) in [6.07, 6.45) is 2.49. The van der Waals surface area contributed by atoms with E-state index in [0.29, 0.717) is 31.2 Å². The quantitative estimate of drug-likeness (QED) is 0.541. The number of hydrogen-bond acceptors (Lipinski definition) is 4. The van der Waals surface area contributed by atoms with Gasteiger partial charge in [0.15, 0.2) is 0 Å². The van der Waals surface area contributed by atoms with E-state index in [2.05, 4.69) is 32.7 Å². The Hall–Kier alpha value is -3.28. The first-order valence-corrected chi connectivity index (χ1v) is 9.76. The van der Waals surface area contributed by atoms with E-state index >= 15 is 0 Å². The molecule has 3 aromatic rings. The Morgan fingerprint density at radius 2 is 1.66 bits per heavy atom. The lowest BCUT2D eigenvalue weighted by Crippen LogP contribution is -2.26. The maximum atomic E-state index is 13.0. The third-order valence-corrected chi connectivity index (χ3v) is 4.47. The molecule has 0 aliphatic heterocycles. The number of aromatic nitrogens is 2. The number of benzene rings is 2. The third-order valence-electron chi connectivity index (χ3n) is 4.47. The fraction of sp³-hybridized carbons (Fsp3) is 0.261. The van der Waals surface area contributed by atoms with Crippen LogP contribution in [-0.4, -0.2) is 29.0 Å². The molecule has 0 radical (unpaired) electrons. The van der Waals surface area contributed by atoms with Crippen LogP contribution in [0.25, 0.3) is 0 Å². The number of amides is 1. The van der Waals surface area contributed by atoms with Gasteiger partial charge in [-0.25, -0.2) is 14.4 Å². The van der Waals surface area contributed by atoms with E-state index in [-0.39, 0.29) is 11.7 Å². The van der Waals surface area contributed by atoms with E-state index in [9.17, 15) is 9.18 Å². The Morgan fingerprint density at radius 1 is 0.931 bits per heavy atom. The molecule has 1 aromatic heterocycles. The number of carbonyl (C=O) groups excluding carboxylic acids is 1. The molecule has 0 bridgehead atoms. The van der Waals surface area contributed by atoms with Gasteiger partial charge in [-0.3, -0.25) is 4.79 Å². The van der Waals surface area contributed by atoms with Crippen molar-refractivity contribution in [1.82, 2.24) is 15.3 Å². The van der Waals surface area contributed by atoms with Crippen molar-refractivity contribution in [3.8, 4) is 0 Å². The molecule has 0 fully saturated rings. The fourth-order valence-corrected chi connectivity index (χ4v) is 2.96. The van der Waals surface area contributed by atoms with Crippen LogP contribution in [0, 0.1) is 12.7 Å². The van der Waals surface area contributed by atoms with Crippen molar-refractivity contribution < 1.29 is 9.18 Å². The zero-order valence-corrected chi connectivity index (χ0v) is 16.5. The normalized spacial score (nSPS) is 10.6. The zero-order valence-electron chi connectivity index (χ0n) is 16.5. The minimum absolute atomic E-state index is 0.204. The Kier molecular flexibility index (Phi) is 7.28. The van der Waals surface area contributed by atoms with Crippen molar-refractivity contribution in [2.75, 3.05) is 18.4 Å². The van der Waals surface area contributed by atoms with Crippen molar-refractivity contribution in [3.05, 3.63) is 89.0 Å². The Bertz CT molecular complexity index is 929. The van der Waals surface area contributed by atoms with Gasteiger partial charge < -0.3 is 10.6 Å². The molecule has 0 saturated heterocycles. The number of halogens is 1. The van der Waals surface area contributed by atoms with Crippen molar-refractivity contribution in [1.29, 1.82) is 0 Å². The molecule has 29 heavy (non-hydrogen) atoms. The number of nitrogens with zero attached hydrogens (tertiary/aromatic N) is 2. The lowest BCUT2D eigenvalue weighted by atomic mass is 10.1. The van der Waals surface area contributed by atoms with Crippen LogP contribution in [0.5, 0.6) is 0 Å². The van der Waals surface area contributed by atoms with Gasteiger partial charge in [0.25, 0.3) is 5.91 Å². The van der Waals surface area contributed by atoms with Crippen LogP contribution in [0.4, 0.5) is 10.3 Å². The number of anilines is 1. The second-order valence-electron chi connectivity index (χ2n) is 6.87. The molecule has 0 aliphatic rings. The second kappa shape index (κ2) is 10.3. The van der Waals surface area contributed by atoms with Gasteiger partial charge in [0, 0.05) is 18.8 Å². The lowest BCUT2D eigenvalue weighted by molar-refractivity contribution is 0.0948. The van der Waals surface area contributed by atoms with Crippen molar-refractivity contribution >= 4 is 11.9 Å². The van der Waals surface area contributed by atoms with Gasteiger partial charge in [0.1, 0.15) is 11.5 Å². The maximum Gasteiger partial charge on any atom is 0.270 e. The molecule has 2 N–H and O–H groups in total. The van der Waals surface area contributed by atoms with Crippen LogP contribution in [0.1, 0.15) is 33.7 Å². The summed E-state index contributed by atoms with van der Waals surface area (Å²) < 4.78 is 13.0. The molecular weight excluding hydrogens is 367 g/mol. The summed E-state index contributed by atoms with van der Waals surface area (Å²) in [6, 6.07) is 18.3. The molecule has 1 amide bonds. The highest BCUT2D eigenvalue weighted by Gasteiger charge is 2.10. The molecule has 0 unspecified atom stereocenters. The second-order valence-corrected chi connectivity index (χ2v) is 6.87. The Morgan fingerprint density at radius 3 is 2.41 bits per heavy atom. The van der Waals surface area contributed by atoms with Crippen molar-refractivity contribution in [3.63, 3.8) is 0 Å². The van der Waals surface area contributed by atoms with Gasteiger partial charge >= 0.3 is 0 Å². The highest BCUT2D eigenvalue weighted by atomic mass is 19.1.